The van der Waals surface area contributed by atoms with Gasteiger partial charge in [0, 0.05) is 6.07 Å². The first-order chi connectivity index (χ1) is 12.8. The normalized spacial score (nSPS) is 12.7. The predicted molar refractivity (Wildman–Crippen MR) is 100 cm³/mol. The molecule has 0 spiro atoms. The third-order valence-electron chi connectivity index (χ3n) is 3.71. The largest absolute Gasteiger partial charge is 0.450 e. The first kappa shape index (κ1) is 19.9. The van der Waals surface area contributed by atoms with Crippen LogP contribution in [0, 0.1) is 10.1 Å². The molecule has 0 aliphatic heterocycles. The number of amides is 1. The molecule has 0 aliphatic carbocycles. The molecule has 2 atom stereocenters. The Balaban J connectivity index is 2.30. The number of nitrogen functional groups attached to an aromatic ring is 1. The van der Waals surface area contributed by atoms with Gasteiger partial charge in [-0.1, -0.05) is 30.3 Å². The van der Waals surface area contributed by atoms with Gasteiger partial charge in [0.25, 0.3) is 0 Å². The number of nitrogens with zero attached hydrogens (tertiary/aromatic N) is 2. The lowest BCUT2D eigenvalue weighted by Gasteiger charge is -2.22. The molecule has 144 valence electrons. The maximum Gasteiger partial charge on any atom is 0.412 e. The molecule has 2 aromatic rings. The molecule has 5 N–H and O–H groups in total. The number of nitrogens with one attached hydrogen (secondary N) is 2. The number of carbonyl (C=O) groups is 1. The van der Waals surface area contributed by atoms with Crippen molar-refractivity contribution in [2.45, 2.75) is 26.0 Å². The van der Waals surface area contributed by atoms with Crippen molar-refractivity contribution >= 4 is 29.1 Å². The van der Waals surface area contributed by atoms with Crippen LogP contribution in [0.1, 0.15) is 25.5 Å². The monoisotopic (exact) mass is 375 g/mol. The number of rotatable bonds is 7. The van der Waals surface area contributed by atoms with Gasteiger partial charge in [-0.3, -0.25) is 15.4 Å². The minimum absolute atomic E-state index is 0.0135. The first-order valence-corrected chi connectivity index (χ1v) is 8.21. The Morgan fingerprint density at radius 1 is 1.41 bits per heavy atom. The molecule has 1 heterocycles. The summed E-state index contributed by atoms with van der Waals surface area (Å²) < 4.78 is 4.76. The van der Waals surface area contributed by atoms with Crippen molar-refractivity contribution in [3.05, 3.63) is 52.1 Å². The summed E-state index contributed by atoms with van der Waals surface area (Å²) in [5.74, 6) is -0.390. The summed E-state index contributed by atoms with van der Waals surface area (Å²) in [6.07, 6.45) is -1.69. The summed E-state index contributed by atoms with van der Waals surface area (Å²) >= 11 is 0. The smallest absolute Gasteiger partial charge is 0.412 e. The van der Waals surface area contributed by atoms with E-state index in [2.05, 4.69) is 15.6 Å². The highest BCUT2D eigenvalue weighted by molar-refractivity contribution is 5.86. The Kier molecular flexibility index (Phi) is 6.50. The number of pyridine rings is 1. The fraction of sp³-hybridized carbons (Fsp3) is 0.294. The molecular formula is C17H21N5O5. The molecule has 1 aromatic heterocycles. The molecule has 27 heavy (non-hydrogen) atoms. The first-order valence-electron chi connectivity index (χ1n) is 8.21. The Morgan fingerprint density at radius 3 is 2.67 bits per heavy atom. The number of hydrogen-bond donors (Lipinski definition) is 4. The lowest BCUT2D eigenvalue weighted by Crippen LogP contribution is -2.25. The van der Waals surface area contributed by atoms with Gasteiger partial charge in [0.2, 0.25) is 5.82 Å². The van der Waals surface area contributed by atoms with Crippen molar-refractivity contribution in [2.75, 3.05) is 23.0 Å². The van der Waals surface area contributed by atoms with Crippen LogP contribution in [0.5, 0.6) is 0 Å². The second kappa shape index (κ2) is 8.81. The van der Waals surface area contributed by atoms with Gasteiger partial charge in [-0.25, -0.2) is 9.78 Å². The van der Waals surface area contributed by atoms with E-state index in [1.807, 2.05) is 6.07 Å². The van der Waals surface area contributed by atoms with Crippen molar-refractivity contribution in [3.8, 4) is 0 Å². The Bertz CT molecular complexity index is 815. The Hall–Kier alpha value is -3.40. The minimum atomic E-state index is -0.929. The molecule has 2 rings (SSSR count). The van der Waals surface area contributed by atoms with Gasteiger partial charge in [-0.05, 0) is 19.4 Å². The number of aliphatic hydroxyl groups excluding tert-OH is 1. The third-order valence-corrected chi connectivity index (χ3v) is 3.71. The van der Waals surface area contributed by atoms with Crippen LogP contribution in [0.2, 0.25) is 0 Å². The number of benzene rings is 1. The zero-order valence-electron chi connectivity index (χ0n) is 14.9. The van der Waals surface area contributed by atoms with Gasteiger partial charge in [-0.2, -0.15) is 0 Å². The zero-order valence-corrected chi connectivity index (χ0v) is 14.9. The number of ether oxygens (including phenoxy) is 1. The molecule has 0 saturated carbocycles. The SMILES string of the molecule is CCOC(=O)Nc1cc(N[C@@H](C)[C@@H](O)c2ccccc2)c([N+](=O)[O-])c(N)n1. The standard InChI is InChI=1S/C17H21N5O5/c1-3-27-17(24)21-13-9-12(14(22(25)26)16(18)20-13)19-10(2)15(23)11-7-5-4-6-8-11/h4-10,15,23H,3H2,1-2H3,(H4,18,19,20,21,24)/t10-,15+/m0/s1. The second-order valence-electron chi connectivity index (χ2n) is 5.68. The number of anilines is 3. The summed E-state index contributed by atoms with van der Waals surface area (Å²) in [6.45, 7) is 3.45. The third kappa shape index (κ3) is 5.05. The summed E-state index contributed by atoms with van der Waals surface area (Å²) in [5, 5.41) is 27.1. The van der Waals surface area contributed by atoms with Gasteiger partial charge in [0.15, 0.2) is 0 Å². The molecule has 0 radical (unpaired) electrons. The van der Waals surface area contributed by atoms with Crippen LogP contribution in [-0.2, 0) is 4.74 Å². The van der Waals surface area contributed by atoms with E-state index in [9.17, 15) is 20.0 Å². The molecule has 0 fully saturated rings. The van der Waals surface area contributed by atoms with E-state index in [1.165, 1.54) is 6.07 Å². The molecule has 0 saturated heterocycles. The second-order valence-corrected chi connectivity index (χ2v) is 5.68. The van der Waals surface area contributed by atoms with Gasteiger partial charge < -0.3 is 20.9 Å². The highest BCUT2D eigenvalue weighted by Gasteiger charge is 2.25. The number of aliphatic hydroxyl groups is 1. The summed E-state index contributed by atoms with van der Waals surface area (Å²) in [6, 6.07) is 9.52. The molecule has 0 bridgehead atoms. The zero-order chi connectivity index (χ0) is 20.0. The van der Waals surface area contributed by atoms with Gasteiger partial charge >= 0.3 is 11.8 Å². The van der Waals surface area contributed by atoms with E-state index < -0.39 is 28.8 Å². The number of nitro groups is 1. The maximum absolute atomic E-state index is 11.6. The number of nitrogens with two attached hydrogens (primary N) is 1. The molecular weight excluding hydrogens is 354 g/mol. The van der Waals surface area contributed by atoms with E-state index in [4.69, 9.17) is 10.5 Å². The Labute approximate surface area is 155 Å². The van der Waals surface area contributed by atoms with Crippen LogP contribution in [0.15, 0.2) is 36.4 Å². The maximum atomic E-state index is 11.6. The highest BCUT2D eigenvalue weighted by Crippen LogP contribution is 2.33. The quantitative estimate of drug-likeness (QED) is 0.425. The number of aromatic nitrogens is 1. The summed E-state index contributed by atoms with van der Waals surface area (Å²) in [7, 11) is 0. The van der Waals surface area contributed by atoms with Gasteiger partial charge in [0.1, 0.15) is 11.5 Å². The van der Waals surface area contributed by atoms with Crippen molar-refractivity contribution in [1.82, 2.24) is 4.98 Å². The lowest BCUT2D eigenvalue weighted by molar-refractivity contribution is -0.383. The van der Waals surface area contributed by atoms with E-state index >= 15 is 0 Å². The van der Waals surface area contributed by atoms with Crippen LogP contribution in [0.3, 0.4) is 0 Å². The van der Waals surface area contributed by atoms with Crippen LogP contribution < -0.4 is 16.4 Å². The highest BCUT2D eigenvalue weighted by atomic mass is 16.6. The van der Waals surface area contributed by atoms with E-state index in [0.29, 0.717) is 5.56 Å². The summed E-state index contributed by atoms with van der Waals surface area (Å²) in [5.41, 5.74) is 5.90. The molecule has 1 aromatic carbocycles. The molecule has 0 unspecified atom stereocenters. The predicted octanol–water partition coefficient (Wildman–Crippen LogP) is 2.67. The van der Waals surface area contributed by atoms with Crippen LogP contribution in [-0.4, -0.2) is 33.8 Å². The van der Waals surface area contributed by atoms with Crippen molar-refractivity contribution < 1.29 is 19.6 Å². The average molecular weight is 375 g/mol. The van der Waals surface area contributed by atoms with Crippen molar-refractivity contribution in [1.29, 1.82) is 0 Å². The average Bonchev–Trinajstić information content (AvgIpc) is 2.61. The number of carbonyl (C=O) groups excluding carboxylic acids is 1. The van der Waals surface area contributed by atoms with E-state index in [0.717, 1.165) is 0 Å². The van der Waals surface area contributed by atoms with Crippen LogP contribution >= 0.6 is 0 Å². The minimum Gasteiger partial charge on any atom is -0.450 e. The fourth-order valence-electron chi connectivity index (χ4n) is 2.46. The number of hydrogen-bond acceptors (Lipinski definition) is 8. The topological polar surface area (TPSA) is 153 Å². The lowest BCUT2D eigenvalue weighted by atomic mass is 10.0. The van der Waals surface area contributed by atoms with E-state index in [-0.39, 0.29) is 23.9 Å². The molecule has 1 amide bonds. The molecule has 10 heteroatoms. The molecule has 10 nitrogen and oxygen atoms in total. The van der Waals surface area contributed by atoms with Crippen LogP contribution in [0.25, 0.3) is 0 Å². The van der Waals surface area contributed by atoms with Gasteiger partial charge in [0.05, 0.1) is 23.7 Å². The molecule has 0 aliphatic rings. The Morgan fingerprint density at radius 2 is 2.07 bits per heavy atom. The van der Waals surface area contributed by atoms with Crippen LogP contribution in [0.4, 0.5) is 27.8 Å². The van der Waals surface area contributed by atoms with Gasteiger partial charge in [-0.15, -0.1) is 0 Å². The van der Waals surface area contributed by atoms with Crippen molar-refractivity contribution in [3.63, 3.8) is 0 Å². The fourth-order valence-corrected chi connectivity index (χ4v) is 2.46. The van der Waals surface area contributed by atoms with E-state index in [1.54, 1.807) is 38.1 Å². The summed E-state index contributed by atoms with van der Waals surface area (Å²) in [4.78, 5) is 26.1. The van der Waals surface area contributed by atoms with Crippen molar-refractivity contribution in [2.24, 2.45) is 0 Å².